The summed E-state index contributed by atoms with van der Waals surface area (Å²) in [7, 11) is 1.20. The molecule has 0 aliphatic rings. The van der Waals surface area contributed by atoms with Crippen molar-refractivity contribution in [2.24, 2.45) is 0 Å². The molecule has 5 heteroatoms. The maximum absolute atomic E-state index is 13.7. The zero-order chi connectivity index (χ0) is 13.8. The Labute approximate surface area is 109 Å². The van der Waals surface area contributed by atoms with Crippen molar-refractivity contribution < 1.29 is 13.9 Å². The van der Waals surface area contributed by atoms with Gasteiger partial charge in [-0.2, -0.15) is 0 Å². The number of rotatable bonds is 3. The van der Waals surface area contributed by atoms with Crippen LogP contribution in [-0.2, 0) is 11.3 Å². The molecule has 2 aromatic rings. The van der Waals surface area contributed by atoms with Crippen molar-refractivity contribution in [3.63, 3.8) is 0 Å². The molecule has 98 valence electrons. The fourth-order valence-electron chi connectivity index (χ4n) is 1.69. The fraction of sp³-hybridized carbons (Fsp3) is 0.143. The number of nitrogens with zero attached hydrogens (tertiary/aromatic N) is 1. The first kappa shape index (κ1) is 13.0. The van der Waals surface area contributed by atoms with E-state index in [0.717, 1.165) is 0 Å². The standard InChI is InChI=1S/C14H12FNO3/c1-19-14(18)12-3-2-10(8-13(12)15)9-16-6-4-11(17)5-7-16/h2-8H,9H2,1H3. The van der Waals surface area contributed by atoms with Crippen molar-refractivity contribution in [2.75, 3.05) is 7.11 Å². The van der Waals surface area contributed by atoms with Gasteiger partial charge in [0.25, 0.3) is 0 Å². The Balaban J connectivity index is 2.23. The minimum Gasteiger partial charge on any atom is -0.465 e. The molecule has 0 amide bonds. The molecule has 0 radical (unpaired) electrons. The van der Waals surface area contributed by atoms with Crippen molar-refractivity contribution >= 4 is 5.97 Å². The highest BCUT2D eigenvalue weighted by Gasteiger charge is 2.12. The molecule has 1 aromatic heterocycles. The van der Waals surface area contributed by atoms with Gasteiger partial charge in [0.15, 0.2) is 5.43 Å². The van der Waals surface area contributed by atoms with E-state index in [1.165, 1.54) is 31.4 Å². The number of carbonyl (C=O) groups is 1. The van der Waals surface area contributed by atoms with Crippen LogP contribution >= 0.6 is 0 Å². The number of carbonyl (C=O) groups excluding carboxylic acids is 1. The van der Waals surface area contributed by atoms with E-state index >= 15 is 0 Å². The molecular formula is C14H12FNO3. The zero-order valence-electron chi connectivity index (χ0n) is 10.3. The van der Waals surface area contributed by atoms with Crippen molar-refractivity contribution in [1.82, 2.24) is 4.57 Å². The fourth-order valence-corrected chi connectivity index (χ4v) is 1.69. The monoisotopic (exact) mass is 261 g/mol. The van der Waals surface area contributed by atoms with Crippen LogP contribution in [0.3, 0.4) is 0 Å². The van der Waals surface area contributed by atoms with Crippen LogP contribution in [0.15, 0.2) is 47.5 Å². The molecule has 0 saturated carbocycles. The molecule has 0 saturated heterocycles. The van der Waals surface area contributed by atoms with Gasteiger partial charge < -0.3 is 9.30 Å². The second-order valence-corrected chi connectivity index (χ2v) is 4.01. The predicted octanol–water partition coefficient (Wildman–Crippen LogP) is 1.82. The van der Waals surface area contributed by atoms with Gasteiger partial charge in [-0.25, -0.2) is 9.18 Å². The molecule has 2 rings (SSSR count). The van der Waals surface area contributed by atoms with E-state index in [1.54, 1.807) is 23.0 Å². The number of aromatic nitrogens is 1. The van der Waals surface area contributed by atoms with Crippen LogP contribution < -0.4 is 5.43 Å². The minimum absolute atomic E-state index is 0.0801. The molecule has 0 atom stereocenters. The molecule has 19 heavy (non-hydrogen) atoms. The van der Waals surface area contributed by atoms with Gasteiger partial charge in [0.2, 0.25) is 0 Å². The largest absolute Gasteiger partial charge is 0.465 e. The van der Waals surface area contributed by atoms with Crippen LogP contribution in [0, 0.1) is 5.82 Å². The molecule has 4 nitrogen and oxygen atoms in total. The zero-order valence-corrected chi connectivity index (χ0v) is 10.3. The molecule has 0 N–H and O–H groups in total. The van der Waals surface area contributed by atoms with Gasteiger partial charge in [0.1, 0.15) is 5.82 Å². The summed E-state index contributed by atoms with van der Waals surface area (Å²) in [4.78, 5) is 22.2. The van der Waals surface area contributed by atoms with Crippen LogP contribution in [0.4, 0.5) is 4.39 Å². The van der Waals surface area contributed by atoms with Crippen LogP contribution in [0.5, 0.6) is 0 Å². The Kier molecular flexibility index (Phi) is 3.75. The number of pyridine rings is 1. The summed E-state index contributed by atoms with van der Waals surface area (Å²) >= 11 is 0. The molecule has 0 spiro atoms. The van der Waals surface area contributed by atoms with Crippen molar-refractivity contribution in [1.29, 1.82) is 0 Å². The van der Waals surface area contributed by atoms with E-state index in [4.69, 9.17) is 0 Å². The van der Waals surface area contributed by atoms with Crippen molar-refractivity contribution in [3.05, 3.63) is 69.9 Å². The van der Waals surface area contributed by atoms with E-state index in [0.29, 0.717) is 12.1 Å². The number of methoxy groups -OCH3 is 1. The SMILES string of the molecule is COC(=O)c1ccc(Cn2ccc(=O)cc2)cc1F. The predicted molar refractivity (Wildman–Crippen MR) is 67.5 cm³/mol. The number of ether oxygens (including phenoxy) is 1. The summed E-state index contributed by atoms with van der Waals surface area (Å²) in [6, 6.07) is 7.18. The normalized spacial score (nSPS) is 10.2. The second kappa shape index (κ2) is 5.48. The molecule has 1 aromatic carbocycles. The first-order valence-electron chi connectivity index (χ1n) is 5.63. The lowest BCUT2D eigenvalue weighted by atomic mass is 10.1. The minimum atomic E-state index is -0.701. The van der Waals surface area contributed by atoms with Gasteiger partial charge >= 0.3 is 5.97 Å². The Morgan fingerprint density at radius 2 is 1.95 bits per heavy atom. The van der Waals surface area contributed by atoms with Gasteiger partial charge in [0, 0.05) is 31.1 Å². The average molecular weight is 261 g/mol. The highest BCUT2D eigenvalue weighted by Crippen LogP contribution is 2.12. The van der Waals surface area contributed by atoms with Crippen molar-refractivity contribution in [3.8, 4) is 0 Å². The summed E-state index contributed by atoms with van der Waals surface area (Å²) < 4.78 is 19.9. The summed E-state index contributed by atoms with van der Waals surface area (Å²) in [6.07, 6.45) is 3.24. The quantitative estimate of drug-likeness (QED) is 0.792. The highest BCUT2D eigenvalue weighted by atomic mass is 19.1. The van der Waals surface area contributed by atoms with Gasteiger partial charge in [0.05, 0.1) is 12.7 Å². The molecule has 0 fully saturated rings. The first-order chi connectivity index (χ1) is 9.10. The van der Waals surface area contributed by atoms with Gasteiger partial charge in [-0.05, 0) is 17.7 Å². The third kappa shape index (κ3) is 3.07. The third-order valence-corrected chi connectivity index (χ3v) is 2.66. The van der Waals surface area contributed by atoms with Gasteiger partial charge in [-0.15, -0.1) is 0 Å². The third-order valence-electron chi connectivity index (χ3n) is 2.66. The molecule has 0 unspecified atom stereocenters. The molecule has 1 heterocycles. The first-order valence-corrected chi connectivity index (χ1v) is 5.63. The number of halogens is 1. The summed E-state index contributed by atoms with van der Waals surface area (Å²) in [5.74, 6) is -1.32. The lowest BCUT2D eigenvalue weighted by molar-refractivity contribution is 0.0595. The highest BCUT2D eigenvalue weighted by molar-refractivity contribution is 5.89. The van der Waals surface area contributed by atoms with Gasteiger partial charge in [-0.1, -0.05) is 6.07 Å². The summed E-state index contributed by atoms with van der Waals surface area (Å²) in [5.41, 5.74) is 0.517. The van der Waals surface area contributed by atoms with Gasteiger partial charge in [-0.3, -0.25) is 4.79 Å². The Morgan fingerprint density at radius 3 is 2.53 bits per heavy atom. The van der Waals surface area contributed by atoms with Crippen LogP contribution in [0.25, 0.3) is 0 Å². The Hall–Kier alpha value is -2.43. The second-order valence-electron chi connectivity index (χ2n) is 4.01. The lowest BCUT2D eigenvalue weighted by Crippen LogP contribution is -2.07. The lowest BCUT2D eigenvalue weighted by Gasteiger charge is -2.07. The maximum Gasteiger partial charge on any atom is 0.340 e. The summed E-state index contributed by atoms with van der Waals surface area (Å²) in [5, 5.41) is 0. The maximum atomic E-state index is 13.7. The molecule has 0 aliphatic carbocycles. The van der Waals surface area contributed by atoms with E-state index in [2.05, 4.69) is 4.74 Å². The molecular weight excluding hydrogens is 249 g/mol. The van der Waals surface area contributed by atoms with E-state index in [1.807, 2.05) is 0 Å². The van der Waals surface area contributed by atoms with Crippen LogP contribution in [0.2, 0.25) is 0 Å². The van der Waals surface area contributed by atoms with Crippen LogP contribution in [0.1, 0.15) is 15.9 Å². The average Bonchev–Trinajstić information content (AvgIpc) is 2.41. The van der Waals surface area contributed by atoms with Crippen molar-refractivity contribution in [2.45, 2.75) is 6.54 Å². The number of esters is 1. The van der Waals surface area contributed by atoms with Crippen LogP contribution in [-0.4, -0.2) is 17.6 Å². The number of hydrogen-bond donors (Lipinski definition) is 0. The van der Waals surface area contributed by atoms with E-state index in [-0.39, 0.29) is 11.0 Å². The molecule has 0 aliphatic heterocycles. The topological polar surface area (TPSA) is 48.3 Å². The van der Waals surface area contributed by atoms with E-state index < -0.39 is 11.8 Å². The molecule has 0 bridgehead atoms. The van der Waals surface area contributed by atoms with E-state index in [9.17, 15) is 14.0 Å². The number of hydrogen-bond acceptors (Lipinski definition) is 3. The number of benzene rings is 1. The Bertz CT molecular complexity index is 643. The summed E-state index contributed by atoms with van der Waals surface area (Å²) in [6.45, 7) is 0.415. The smallest absolute Gasteiger partial charge is 0.340 e. The Morgan fingerprint density at radius 1 is 1.26 bits per heavy atom.